The fraction of sp³-hybridized carbons (Fsp3) is 0.720. The van der Waals surface area contributed by atoms with Gasteiger partial charge < -0.3 is 14.2 Å². The molecule has 0 spiro atoms. The molecule has 0 saturated carbocycles. The van der Waals surface area contributed by atoms with Gasteiger partial charge in [0.2, 0.25) is 5.75 Å². The van der Waals surface area contributed by atoms with E-state index in [1.54, 1.807) is 12.1 Å². The van der Waals surface area contributed by atoms with Crippen LogP contribution >= 0.6 is 34.8 Å². The van der Waals surface area contributed by atoms with Crippen LogP contribution in [0.4, 0.5) is 0 Å². The summed E-state index contributed by atoms with van der Waals surface area (Å²) in [6.07, 6.45) is 13.1. The molecule has 4 nitrogen and oxygen atoms in total. The lowest BCUT2D eigenvalue weighted by Crippen LogP contribution is -2.07. The zero-order valence-corrected chi connectivity index (χ0v) is 21.5. The number of carbonyl (C=O) groups excluding carboxylic acids is 1. The summed E-state index contributed by atoms with van der Waals surface area (Å²) in [6, 6.07) is 3.48. The van der Waals surface area contributed by atoms with Crippen molar-refractivity contribution in [2.75, 3.05) is 37.5 Å². The second-order valence-electron chi connectivity index (χ2n) is 7.82. The number of benzene rings is 1. The van der Waals surface area contributed by atoms with Crippen molar-refractivity contribution in [2.24, 2.45) is 0 Å². The standard InChI is InChI=1S/C25H39Cl3O4/c26-13-7-1-4-10-16-30-23-19-22(21-29)20-24(31-17-11-5-2-8-14-27)25(23)32-18-12-6-3-9-15-28/h19-21H,1-18H2. The summed E-state index contributed by atoms with van der Waals surface area (Å²) in [5, 5.41) is 0. The van der Waals surface area contributed by atoms with Gasteiger partial charge >= 0.3 is 0 Å². The molecule has 0 amide bonds. The highest BCUT2D eigenvalue weighted by atomic mass is 35.5. The number of rotatable bonds is 22. The Morgan fingerprint density at radius 3 is 1.31 bits per heavy atom. The highest BCUT2D eigenvalue weighted by molar-refractivity contribution is 6.18. The number of aldehydes is 1. The molecule has 0 aromatic heterocycles. The molecule has 0 saturated heterocycles. The molecular weight excluding hydrogens is 471 g/mol. The van der Waals surface area contributed by atoms with E-state index < -0.39 is 0 Å². The molecule has 0 aliphatic rings. The molecule has 0 heterocycles. The first-order chi connectivity index (χ1) is 15.8. The van der Waals surface area contributed by atoms with Crippen molar-refractivity contribution in [1.82, 2.24) is 0 Å². The molecule has 0 bridgehead atoms. The van der Waals surface area contributed by atoms with Crippen molar-refractivity contribution in [3.05, 3.63) is 17.7 Å². The van der Waals surface area contributed by atoms with E-state index in [1.165, 1.54) is 0 Å². The molecule has 0 aliphatic carbocycles. The zero-order valence-electron chi connectivity index (χ0n) is 19.2. The third kappa shape index (κ3) is 13.6. The van der Waals surface area contributed by atoms with Gasteiger partial charge in [-0.05, 0) is 50.7 Å². The number of hydrogen-bond donors (Lipinski definition) is 0. The maximum Gasteiger partial charge on any atom is 0.203 e. The zero-order chi connectivity index (χ0) is 23.3. The van der Waals surface area contributed by atoms with Crippen LogP contribution in [0.1, 0.15) is 87.4 Å². The summed E-state index contributed by atoms with van der Waals surface area (Å²) in [5.41, 5.74) is 0.522. The number of hydrogen-bond acceptors (Lipinski definition) is 4. The lowest BCUT2D eigenvalue weighted by atomic mass is 10.2. The van der Waals surface area contributed by atoms with Crippen molar-refractivity contribution in [2.45, 2.75) is 77.0 Å². The summed E-state index contributed by atoms with van der Waals surface area (Å²) >= 11 is 17.2. The Balaban J connectivity index is 2.76. The van der Waals surface area contributed by atoms with E-state index in [-0.39, 0.29) is 0 Å². The molecule has 1 rings (SSSR count). The van der Waals surface area contributed by atoms with Crippen LogP contribution in [0.2, 0.25) is 0 Å². The lowest BCUT2D eigenvalue weighted by molar-refractivity contribution is 0.112. The van der Waals surface area contributed by atoms with Gasteiger partial charge in [0.05, 0.1) is 19.8 Å². The van der Waals surface area contributed by atoms with Crippen LogP contribution in [0, 0.1) is 0 Å². The van der Waals surface area contributed by atoms with E-state index in [2.05, 4.69) is 0 Å². The number of unbranched alkanes of at least 4 members (excludes halogenated alkanes) is 9. The highest BCUT2D eigenvalue weighted by Gasteiger charge is 2.16. The summed E-state index contributed by atoms with van der Waals surface area (Å²) in [4.78, 5) is 11.5. The normalized spacial score (nSPS) is 10.8. The molecular formula is C25H39Cl3O4. The van der Waals surface area contributed by atoms with Gasteiger partial charge in [-0.3, -0.25) is 4.79 Å². The quantitative estimate of drug-likeness (QED) is 0.0901. The van der Waals surface area contributed by atoms with Crippen LogP contribution in [-0.2, 0) is 0 Å². The summed E-state index contributed by atoms with van der Waals surface area (Å²) in [7, 11) is 0. The molecule has 0 fully saturated rings. The van der Waals surface area contributed by atoms with Crippen LogP contribution in [0.3, 0.4) is 0 Å². The average Bonchev–Trinajstić information content (AvgIpc) is 2.81. The molecule has 0 aliphatic heterocycles. The first-order valence-electron chi connectivity index (χ1n) is 12.0. The predicted octanol–water partition coefficient (Wildman–Crippen LogP) is 8.03. The van der Waals surface area contributed by atoms with Gasteiger partial charge in [0.25, 0.3) is 0 Å². The van der Waals surface area contributed by atoms with Gasteiger partial charge in [-0.1, -0.05) is 38.5 Å². The van der Waals surface area contributed by atoms with Crippen molar-refractivity contribution in [1.29, 1.82) is 0 Å². The smallest absolute Gasteiger partial charge is 0.203 e. The molecule has 1 aromatic carbocycles. The average molecular weight is 510 g/mol. The van der Waals surface area contributed by atoms with Crippen LogP contribution in [-0.4, -0.2) is 43.7 Å². The van der Waals surface area contributed by atoms with E-state index in [9.17, 15) is 4.79 Å². The molecule has 32 heavy (non-hydrogen) atoms. The van der Waals surface area contributed by atoms with Crippen molar-refractivity contribution in [3.8, 4) is 17.2 Å². The SMILES string of the molecule is O=Cc1cc(OCCCCCCCl)c(OCCCCCCCl)c(OCCCCCCCl)c1. The maximum absolute atomic E-state index is 11.5. The second-order valence-corrected chi connectivity index (χ2v) is 8.95. The third-order valence-electron chi connectivity index (χ3n) is 5.02. The Kier molecular flexibility index (Phi) is 18.9. The molecule has 0 atom stereocenters. The van der Waals surface area contributed by atoms with Gasteiger partial charge in [-0.2, -0.15) is 0 Å². The first kappa shape index (κ1) is 29.2. The van der Waals surface area contributed by atoms with Crippen molar-refractivity contribution >= 4 is 41.1 Å². The largest absolute Gasteiger partial charge is 0.490 e. The van der Waals surface area contributed by atoms with Crippen LogP contribution in [0.15, 0.2) is 12.1 Å². The third-order valence-corrected chi connectivity index (χ3v) is 5.83. The summed E-state index contributed by atoms with van der Waals surface area (Å²) in [5.74, 6) is 3.82. The van der Waals surface area contributed by atoms with Crippen molar-refractivity contribution in [3.63, 3.8) is 0 Å². The van der Waals surface area contributed by atoms with Gasteiger partial charge in [0.15, 0.2) is 11.5 Å². The predicted molar refractivity (Wildman–Crippen MR) is 136 cm³/mol. The van der Waals surface area contributed by atoms with Gasteiger partial charge in [0, 0.05) is 23.2 Å². The molecule has 184 valence electrons. The summed E-state index contributed by atoms with van der Waals surface area (Å²) in [6.45, 7) is 1.70. The number of ether oxygens (including phenoxy) is 3. The van der Waals surface area contributed by atoms with Crippen LogP contribution < -0.4 is 14.2 Å². The fourth-order valence-electron chi connectivity index (χ4n) is 3.21. The number of alkyl halides is 3. The second kappa shape index (κ2) is 20.7. The molecule has 1 aromatic rings. The van der Waals surface area contributed by atoms with E-state index in [1.807, 2.05) is 0 Å². The van der Waals surface area contributed by atoms with Crippen LogP contribution in [0.5, 0.6) is 17.2 Å². The Labute approximate surface area is 209 Å². The first-order valence-corrected chi connectivity index (χ1v) is 13.6. The molecule has 0 unspecified atom stereocenters. The Bertz CT molecular complexity index is 562. The highest BCUT2D eigenvalue weighted by Crippen LogP contribution is 2.39. The monoisotopic (exact) mass is 508 g/mol. The Morgan fingerprint density at radius 2 is 0.938 bits per heavy atom. The summed E-state index contributed by atoms with van der Waals surface area (Å²) < 4.78 is 18.2. The minimum absolute atomic E-state index is 0.522. The topological polar surface area (TPSA) is 44.8 Å². The van der Waals surface area contributed by atoms with E-state index in [0.29, 0.717) is 60.3 Å². The maximum atomic E-state index is 11.5. The molecule has 0 N–H and O–H groups in total. The molecule has 0 radical (unpaired) electrons. The van der Waals surface area contributed by atoms with E-state index in [4.69, 9.17) is 49.0 Å². The Morgan fingerprint density at radius 1 is 0.562 bits per heavy atom. The van der Waals surface area contributed by atoms with Gasteiger partial charge in [-0.25, -0.2) is 0 Å². The van der Waals surface area contributed by atoms with Gasteiger partial charge in [-0.15, -0.1) is 34.8 Å². The minimum Gasteiger partial charge on any atom is -0.490 e. The van der Waals surface area contributed by atoms with Gasteiger partial charge in [0.1, 0.15) is 6.29 Å². The minimum atomic E-state index is 0.522. The number of carbonyl (C=O) groups is 1. The Hall–Kier alpha value is -0.840. The lowest BCUT2D eigenvalue weighted by Gasteiger charge is -2.18. The number of halogens is 3. The molecule has 7 heteroatoms. The fourth-order valence-corrected chi connectivity index (χ4v) is 3.78. The van der Waals surface area contributed by atoms with E-state index in [0.717, 1.165) is 83.3 Å². The van der Waals surface area contributed by atoms with Crippen molar-refractivity contribution < 1.29 is 19.0 Å². The van der Waals surface area contributed by atoms with E-state index >= 15 is 0 Å². The van der Waals surface area contributed by atoms with Crippen LogP contribution in [0.25, 0.3) is 0 Å².